The maximum absolute atomic E-state index is 6.28. The van der Waals surface area contributed by atoms with E-state index in [9.17, 15) is 0 Å². The van der Waals surface area contributed by atoms with Gasteiger partial charge in [0.1, 0.15) is 0 Å². The molecular weight excluding hydrogens is 312 g/mol. The molecule has 4 saturated carbocycles. The number of epoxide rings is 1. The Morgan fingerprint density at radius 3 is 2.28 bits per heavy atom. The molecule has 6 rings (SSSR count). The van der Waals surface area contributed by atoms with Gasteiger partial charge in [-0.05, 0) is 80.5 Å². The molecule has 7 atom stereocenters. The van der Waals surface area contributed by atoms with E-state index < -0.39 is 0 Å². The quantitative estimate of drug-likeness (QED) is 0.603. The van der Waals surface area contributed by atoms with Crippen molar-refractivity contribution in [1.82, 2.24) is 0 Å². The zero-order valence-corrected chi connectivity index (χ0v) is 16.0. The summed E-state index contributed by atoms with van der Waals surface area (Å²) in [6.45, 7) is 7.82. The lowest BCUT2D eigenvalue weighted by molar-refractivity contribution is -0.247. The average Bonchev–Trinajstić information content (AvgIpc) is 3.06. The fourth-order valence-corrected chi connectivity index (χ4v) is 8.56. The molecule has 0 amide bonds. The fourth-order valence-electron chi connectivity index (χ4n) is 8.56. The fraction of sp³-hybridized carbons (Fsp3) is 1.00. The average molecular weight is 347 g/mol. The molecule has 2 aliphatic heterocycles. The van der Waals surface area contributed by atoms with Crippen LogP contribution in [0.5, 0.6) is 0 Å². The summed E-state index contributed by atoms with van der Waals surface area (Å²) in [4.78, 5) is 0. The van der Waals surface area contributed by atoms with Crippen molar-refractivity contribution in [3.8, 4) is 0 Å². The van der Waals surface area contributed by atoms with E-state index in [1.54, 1.807) is 0 Å². The Hall–Kier alpha value is -0.120. The first-order valence-electron chi connectivity index (χ1n) is 10.9. The third-order valence-corrected chi connectivity index (χ3v) is 10.2. The molecule has 0 aromatic rings. The minimum absolute atomic E-state index is 0.237. The highest BCUT2D eigenvalue weighted by atomic mass is 16.7. The van der Waals surface area contributed by atoms with Crippen molar-refractivity contribution in [3.63, 3.8) is 0 Å². The van der Waals surface area contributed by atoms with Crippen molar-refractivity contribution in [2.24, 2.45) is 34.5 Å². The Labute approximate surface area is 152 Å². The standard InChI is InChI=1S/C22H34O3/c1-19-9-10-21(14-25-21)13-15(19)3-4-16-17(19)5-7-20(2)18(16)6-8-22(20)23-11-12-24-22/h15-18H,3-14H2,1-2H3/t15-,16+,17?,18-,19-,20-,21+/m0/s1. The maximum Gasteiger partial charge on any atom is 0.174 e. The van der Waals surface area contributed by atoms with Crippen LogP contribution in [-0.2, 0) is 14.2 Å². The highest BCUT2D eigenvalue weighted by Crippen LogP contribution is 2.70. The monoisotopic (exact) mass is 346 g/mol. The van der Waals surface area contributed by atoms with Gasteiger partial charge in [0.2, 0.25) is 0 Å². The van der Waals surface area contributed by atoms with Crippen LogP contribution in [0.15, 0.2) is 0 Å². The van der Waals surface area contributed by atoms with E-state index in [1.165, 1.54) is 51.4 Å². The van der Waals surface area contributed by atoms with Crippen molar-refractivity contribution in [3.05, 3.63) is 0 Å². The number of hydrogen-bond acceptors (Lipinski definition) is 3. The summed E-state index contributed by atoms with van der Waals surface area (Å²) in [6, 6.07) is 0. The SMILES string of the molecule is C[C@]12CCC3[C@@H](CC[C@H]4C[C@]5(CC[C@]34C)CO5)[C@@H]1CCC21OCCO1. The van der Waals surface area contributed by atoms with E-state index in [0.29, 0.717) is 11.0 Å². The molecular formula is C22H34O3. The second-order valence-corrected chi connectivity index (χ2v) is 10.8. The van der Waals surface area contributed by atoms with Crippen LogP contribution in [0.1, 0.15) is 71.6 Å². The summed E-state index contributed by atoms with van der Waals surface area (Å²) >= 11 is 0. The molecule has 2 saturated heterocycles. The first kappa shape index (κ1) is 15.9. The van der Waals surface area contributed by atoms with Gasteiger partial charge in [-0.25, -0.2) is 0 Å². The van der Waals surface area contributed by atoms with Crippen LogP contribution in [-0.4, -0.2) is 31.2 Å². The number of rotatable bonds is 0. The number of hydrogen-bond donors (Lipinski definition) is 0. The third kappa shape index (κ3) is 1.88. The Morgan fingerprint density at radius 2 is 1.52 bits per heavy atom. The smallest absolute Gasteiger partial charge is 0.174 e. The molecule has 0 radical (unpaired) electrons. The van der Waals surface area contributed by atoms with Gasteiger partial charge < -0.3 is 14.2 Å². The van der Waals surface area contributed by atoms with Gasteiger partial charge >= 0.3 is 0 Å². The lowest BCUT2D eigenvalue weighted by atomic mass is 9.44. The molecule has 140 valence electrons. The van der Waals surface area contributed by atoms with Gasteiger partial charge in [0.05, 0.1) is 25.4 Å². The van der Waals surface area contributed by atoms with Crippen LogP contribution in [0.25, 0.3) is 0 Å². The molecule has 4 aliphatic carbocycles. The largest absolute Gasteiger partial charge is 0.370 e. The minimum atomic E-state index is -0.237. The van der Waals surface area contributed by atoms with E-state index in [4.69, 9.17) is 14.2 Å². The van der Waals surface area contributed by atoms with E-state index in [2.05, 4.69) is 13.8 Å². The van der Waals surface area contributed by atoms with Crippen LogP contribution >= 0.6 is 0 Å². The van der Waals surface area contributed by atoms with Crippen molar-refractivity contribution in [2.45, 2.75) is 83.0 Å². The topological polar surface area (TPSA) is 31.0 Å². The Morgan fingerprint density at radius 1 is 0.760 bits per heavy atom. The highest BCUT2D eigenvalue weighted by molar-refractivity contribution is 5.14. The molecule has 0 aromatic carbocycles. The van der Waals surface area contributed by atoms with E-state index in [-0.39, 0.29) is 11.2 Å². The normalized spacial score (nSPS) is 58.8. The lowest BCUT2D eigenvalue weighted by Gasteiger charge is -2.61. The first-order chi connectivity index (χ1) is 12.0. The van der Waals surface area contributed by atoms with Gasteiger partial charge in [0.25, 0.3) is 0 Å². The minimum Gasteiger partial charge on any atom is -0.370 e. The van der Waals surface area contributed by atoms with Gasteiger partial charge in [-0.2, -0.15) is 0 Å². The van der Waals surface area contributed by atoms with E-state index >= 15 is 0 Å². The molecule has 6 fully saturated rings. The second kappa shape index (κ2) is 4.83. The lowest BCUT2D eigenvalue weighted by Crippen LogP contribution is -2.57. The summed E-state index contributed by atoms with van der Waals surface area (Å²) in [6.07, 6.45) is 12.1. The van der Waals surface area contributed by atoms with E-state index in [1.807, 2.05) is 0 Å². The third-order valence-electron chi connectivity index (χ3n) is 10.2. The summed E-state index contributed by atoms with van der Waals surface area (Å²) in [5.74, 6) is 3.32. The highest BCUT2D eigenvalue weighted by Gasteiger charge is 2.68. The summed E-state index contributed by atoms with van der Waals surface area (Å²) < 4.78 is 18.4. The zero-order valence-electron chi connectivity index (χ0n) is 16.0. The van der Waals surface area contributed by atoms with Crippen LogP contribution < -0.4 is 0 Å². The molecule has 1 unspecified atom stereocenters. The summed E-state index contributed by atoms with van der Waals surface area (Å²) in [5, 5.41) is 0. The van der Waals surface area contributed by atoms with Crippen LogP contribution in [0.4, 0.5) is 0 Å². The van der Waals surface area contributed by atoms with Crippen molar-refractivity contribution in [1.29, 1.82) is 0 Å². The van der Waals surface area contributed by atoms with Crippen LogP contribution in [0.2, 0.25) is 0 Å². The van der Waals surface area contributed by atoms with Crippen LogP contribution in [0, 0.1) is 34.5 Å². The predicted molar refractivity (Wildman–Crippen MR) is 95.0 cm³/mol. The molecule has 2 heterocycles. The molecule has 3 heteroatoms. The zero-order chi connectivity index (χ0) is 16.9. The van der Waals surface area contributed by atoms with E-state index in [0.717, 1.165) is 49.9 Å². The molecule has 6 aliphatic rings. The Bertz CT molecular complexity index is 578. The molecule has 0 aromatic heterocycles. The molecule has 2 spiro atoms. The van der Waals surface area contributed by atoms with Crippen molar-refractivity contribution in [2.75, 3.05) is 19.8 Å². The van der Waals surface area contributed by atoms with Gasteiger partial charge in [0.15, 0.2) is 5.79 Å². The van der Waals surface area contributed by atoms with Gasteiger partial charge in [-0.3, -0.25) is 0 Å². The first-order valence-corrected chi connectivity index (χ1v) is 10.9. The molecule has 3 nitrogen and oxygen atoms in total. The second-order valence-electron chi connectivity index (χ2n) is 10.8. The molecule has 0 bridgehead atoms. The van der Waals surface area contributed by atoms with Crippen molar-refractivity contribution < 1.29 is 14.2 Å². The maximum atomic E-state index is 6.28. The summed E-state index contributed by atoms with van der Waals surface area (Å²) in [7, 11) is 0. The summed E-state index contributed by atoms with van der Waals surface area (Å²) in [5.41, 5.74) is 1.14. The Kier molecular flexibility index (Phi) is 3.07. The van der Waals surface area contributed by atoms with Crippen molar-refractivity contribution >= 4 is 0 Å². The number of fused-ring (bicyclic) bond motifs is 6. The number of ether oxygens (including phenoxy) is 3. The van der Waals surface area contributed by atoms with Gasteiger partial charge in [-0.15, -0.1) is 0 Å². The predicted octanol–water partition coefficient (Wildman–Crippen LogP) is 4.54. The molecule has 0 N–H and O–H groups in total. The molecule has 25 heavy (non-hydrogen) atoms. The van der Waals surface area contributed by atoms with Crippen LogP contribution in [0.3, 0.4) is 0 Å². The Balaban J connectivity index is 1.31. The van der Waals surface area contributed by atoms with Gasteiger partial charge in [0, 0.05) is 11.8 Å². The van der Waals surface area contributed by atoms with Gasteiger partial charge in [-0.1, -0.05) is 13.8 Å².